The normalized spacial score (nSPS) is 11.4. The zero-order valence-electron chi connectivity index (χ0n) is 62.9. The number of methoxy groups -OCH3 is 3. The molecule has 6 aromatic heterocycles. The van der Waals surface area contributed by atoms with E-state index in [1.807, 2.05) is 47.6 Å². The van der Waals surface area contributed by atoms with Gasteiger partial charge >= 0.3 is 0 Å². The summed E-state index contributed by atoms with van der Waals surface area (Å²) in [6.45, 7) is 18.2. The maximum atomic E-state index is 13.3. The topological polar surface area (TPSA) is 403 Å². The maximum Gasteiger partial charge on any atom is 0.263 e. The molecule has 36 heteroatoms. The number of hydrogen-bond donors (Lipinski definition) is 5. The highest BCUT2D eigenvalue weighted by atomic mass is 35.5. The Bertz CT molecular complexity index is 5290. The van der Waals surface area contributed by atoms with Crippen LogP contribution in [0.2, 0.25) is 20.6 Å². The van der Waals surface area contributed by atoms with E-state index < -0.39 is 30.1 Å². The fourth-order valence-electron chi connectivity index (χ4n) is 9.42. The molecule has 12 rings (SSSR count). The minimum Gasteiger partial charge on any atom is -0.493 e. The van der Waals surface area contributed by atoms with Crippen LogP contribution in [-0.2, 0) is 46.3 Å². The van der Waals surface area contributed by atoms with Crippen LogP contribution >= 0.6 is 46.4 Å². The molecule has 0 atom stereocenters. The van der Waals surface area contributed by atoms with Gasteiger partial charge in [-0.05, 0) is 124 Å². The predicted molar refractivity (Wildman–Crippen MR) is 431 cm³/mol. The van der Waals surface area contributed by atoms with Crippen molar-refractivity contribution < 1.29 is 63.9 Å². The SMILES string of the molecule is CC(C)(C)c1ccc(S(N)(=O)=O)cc1.COc1ccccc1Oc1c(Cl)nc(-c2ncccn2)nc1Cl.COc1ccccc1Oc1c(Cl)nc(-c2ncccn2)nc1NS(=O)(=O)c1ccc(C(C)(C)C)cc1.COc1ccccc1Oc1c(Cl)nc(-c2ncccn2)nc1NS(=O)(=O)c1ccc(C(C)(C)C)cc1.OCCO. The second-order valence-corrected chi connectivity index (χ2v) is 32.9. The van der Waals surface area contributed by atoms with Crippen molar-refractivity contribution in [1.82, 2.24) is 59.8 Å². The molecule has 6 aromatic carbocycles. The van der Waals surface area contributed by atoms with Gasteiger partial charge in [0.15, 0.2) is 84.2 Å². The Morgan fingerprint density at radius 3 is 0.823 bits per heavy atom. The number of ether oxygens (including phenoxy) is 6. The molecule has 0 saturated heterocycles. The molecule has 0 radical (unpaired) electrons. The summed E-state index contributed by atoms with van der Waals surface area (Å²) in [4.78, 5) is 50.3. The smallest absolute Gasteiger partial charge is 0.263 e. The van der Waals surface area contributed by atoms with Crippen LogP contribution in [0.5, 0.6) is 51.7 Å². The molecule has 6 heterocycles. The summed E-state index contributed by atoms with van der Waals surface area (Å²) in [7, 11) is -7.20. The average Bonchev–Trinajstić information content (AvgIpc) is 0.782. The van der Waals surface area contributed by atoms with Gasteiger partial charge in [-0.25, -0.2) is 90.2 Å². The first-order valence-electron chi connectivity index (χ1n) is 33.7. The lowest BCUT2D eigenvalue weighted by Gasteiger charge is -2.19. The highest BCUT2D eigenvalue weighted by Gasteiger charge is 2.28. The van der Waals surface area contributed by atoms with Gasteiger partial charge < -0.3 is 38.6 Å². The number of aliphatic hydroxyl groups excluding tert-OH is 2. The Labute approximate surface area is 674 Å². The number of aromatic nitrogens is 12. The fourth-order valence-corrected chi connectivity index (χ4v) is 12.8. The second-order valence-electron chi connectivity index (χ2n) is 26.5. The number of nitrogens with one attached hydrogen (secondary N) is 2. The van der Waals surface area contributed by atoms with Gasteiger partial charge in [-0.2, -0.15) is 0 Å². The van der Waals surface area contributed by atoms with Crippen molar-refractivity contribution in [2.24, 2.45) is 5.14 Å². The molecule has 6 N–H and O–H groups in total. The number of nitrogens with zero attached hydrogens (tertiary/aromatic N) is 12. The van der Waals surface area contributed by atoms with Gasteiger partial charge in [0.25, 0.3) is 20.0 Å². The molecule has 0 aliphatic heterocycles. The monoisotopic (exact) mass is 1670 g/mol. The first-order valence-corrected chi connectivity index (χ1v) is 39.8. The van der Waals surface area contributed by atoms with Crippen molar-refractivity contribution in [2.75, 3.05) is 44.0 Å². The minimum absolute atomic E-state index is 0.0220. The number of benzene rings is 6. The van der Waals surface area contributed by atoms with Crippen molar-refractivity contribution in [3.05, 3.63) is 238 Å². The summed E-state index contributed by atoms with van der Waals surface area (Å²) in [5.41, 5.74) is 2.85. The van der Waals surface area contributed by atoms with Crippen molar-refractivity contribution in [2.45, 2.75) is 93.2 Å². The molecule has 0 aliphatic rings. The number of hydrogen-bond acceptors (Lipinski definition) is 26. The first kappa shape index (κ1) is 87.7. The number of rotatable bonds is 20. The molecule has 0 fully saturated rings. The fraction of sp³-hybridized carbons (Fsp3) is 0.221. The van der Waals surface area contributed by atoms with Crippen LogP contribution in [0.3, 0.4) is 0 Å². The molecule has 0 saturated carbocycles. The van der Waals surface area contributed by atoms with Crippen molar-refractivity contribution in [3.63, 3.8) is 0 Å². The Hall–Kier alpha value is -10.9. The molecule has 29 nitrogen and oxygen atoms in total. The number of nitrogens with two attached hydrogens (primary N) is 1. The summed E-state index contributed by atoms with van der Waals surface area (Å²) in [6, 6.07) is 45.6. The van der Waals surface area contributed by atoms with Crippen LogP contribution < -0.4 is 43.0 Å². The van der Waals surface area contributed by atoms with E-state index in [4.69, 9.17) is 90.2 Å². The van der Waals surface area contributed by atoms with E-state index in [2.05, 4.69) is 90.0 Å². The zero-order chi connectivity index (χ0) is 82.5. The van der Waals surface area contributed by atoms with Gasteiger partial charge in [0, 0.05) is 37.2 Å². The summed E-state index contributed by atoms with van der Waals surface area (Å²) < 4.78 is 114. The summed E-state index contributed by atoms with van der Waals surface area (Å²) >= 11 is 25.3. The minimum atomic E-state index is -4.07. The molecule has 0 bridgehead atoms. The molecular formula is C77H79Cl4N15O14S3. The van der Waals surface area contributed by atoms with E-state index in [-0.39, 0.29) is 123 Å². The Morgan fingerprint density at radius 1 is 0.336 bits per heavy atom. The van der Waals surface area contributed by atoms with Gasteiger partial charge in [-0.3, -0.25) is 9.44 Å². The third-order valence-corrected chi connectivity index (χ3v) is 19.9. The van der Waals surface area contributed by atoms with Crippen molar-refractivity contribution >= 4 is 88.1 Å². The lowest BCUT2D eigenvalue weighted by Crippen LogP contribution is -2.17. The van der Waals surface area contributed by atoms with E-state index in [9.17, 15) is 25.3 Å². The van der Waals surface area contributed by atoms with Crippen LogP contribution in [0.1, 0.15) is 79.0 Å². The number of primary sulfonamides is 1. The van der Waals surface area contributed by atoms with Crippen LogP contribution in [0.15, 0.2) is 216 Å². The average molecular weight is 1680 g/mol. The summed E-state index contributed by atoms with van der Waals surface area (Å²) in [6.07, 6.45) is 9.21. The third kappa shape index (κ3) is 24.5. The molecule has 113 heavy (non-hydrogen) atoms. The lowest BCUT2D eigenvalue weighted by atomic mass is 9.87. The number of aliphatic hydroxyl groups is 2. The third-order valence-electron chi connectivity index (χ3n) is 15.2. The predicted octanol–water partition coefficient (Wildman–Crippen LogP) is 15.6. The van der Waals surface area contributed by atoms with Gasteiger partial charge in [-0.15, -0.1) is 0 Å². The van der Waals surface area contributed by atoms with Crippen LogP contribution in [-0.4, -0.2) is 130 Å². The Kier molecular flexibility index (Phi) is 30.3. The standard InChI is InChI=1S/2C25H24ClN5O4S.C15H10Cl2N4O2.C10H15NO2S.C2H6O2/c2*1-25(2,3)16-10-12-17(13-11-16)36(32,33)31-22-20(35-19-9-6-5-8-18(19)34-4)21(26)29-24(30-22)23-27-14-7-15-28-23;1-22-9-5-2-3-6-10(9)23-11-12(16)20-15(21-13(11)17)14-18-7-4-8-19-14;1-10(2,3)8-4-6-9(7-5-8)14(11,12)13;3-1-2-4/h2*5-15H,1-4H3,(H,29,30,31);2-8H,1H3;4-7H,1-3H3,(H2,11,12,13);3-4H,1-2H2. The molecule has 0 unspecified atom stereocenters. The van der Waals surface area contributed by atoms with E-state index in [1.165, 1.54) is 82.5 Å². The van der Waals surface area contributed by atoms with Gasteiger partial charge in [0.05, 0.1) is 49.2 Å². The van der Waals surface area contributed by atoms with E-state index in [0.717, 1.165) is 16.7 Å². The van der Waals surface area contributed by atoms with Gasteiger partial charge in [-0.1, -0.05) is 182 Å². The first-order chi connectivity index (χ1) is 53.5. The largest absolute Gasteiger partial charge is 0.493 e. The molecular weight excluding hydrogens is 1600 g/mol. The van der Waals surface area contributed by atoms with E-state index in [1.54, 1.807) is 134 Å². The van der Waals surface area contributed by atoms with E-state index in [0.29, 0.717) is 40.3 Å². The van der Waals surface area contributed by atoms with Crippen LogP contribution in [0, 0.1) is 0 Å². The molecule has 0 spiro atoms. The highest BCUT2D eigenvalue weighted by molar-refractivity contribution is 7.93. The quantitative estimate of drug-likeness (QED) is 0.0442. The lowest BCUT2D eigenvalue weighted by molar-refractivity contribution is 0.186. The highest BCUT2D eigenvalue weighted by Crippen LogP contribution is 2.43. The Balaban J connectivity index is 0.000000195. The molecule has 0 aliphatic carbocycles. The molecule has 592 valence electrons. The second kappa shape index (κ2) is 39.0. The number of anilines is 2. The van der Waals surface area contributed by atoms with E-state index >= 15 is 0 Å². The Morgan fingerprint density at radius 2 is 0.575 bits per heavy atom. The van der Waals surface area contributed by atoms with Crippen molar-refractivity contribution in [1.29, 1.82) is 0 Å². The number of sulfonamides is 3. The number of halogens is 4. The van der Waals surface area contributed by atoms with Crippen LogP contribution in [0.25, 0.3) is 34.9 Å². The zero-order valence-corrected chi connectivity index (χ0v) is 68.4. The molecule has 0 amide bonds. The van der Waals surface area contributed by atoms with Crippen molar-refractivity contribution in [3.8, 4) is 86.7 Å². The maximum absolute atomic E-state index is 13.3. The summed E-state index contributed by atoms with van der Waals surface area (Å²) in [5, 5.41) is 20.1. The summed E-state index contributed by atoms with van der Waals surface area (Å²) in [5.74, 6) is 2.89. The number of para-hydroxylation sites is 6. The molecule has 12 aromatic rings. The van der Waals surface area contributed by atoms with Gasteiger partial charge in [0.2, 0.25) is 44.7 Å². The van der Waals surface area contributed by atoms with Gasteiger partial charge in [0.1, 0.15) is 0 Å². The van der Waals surface area contributed by atoms with Crippen LogP contribution in [0.4, 0.5) is 11.6 Å².